The van der Waals surface area contributed by atoms with Crippen molar-refractivity contribution in [3.63, 3.8) is 0 Å². The molecule has 0 saturated carbocycles. The lowest BCUT2D eigenvalue weighted by atomic mass is 10.2. The molecule has 1 aliphatic heterocycles. The van der Waals surface area contributed by atoms with Gasteiger partial charge >= 0.3 is 0 Å². The molecule has 6 nitrogen and oxygen atoms in total. The molecule has 1 aromatic carbocycles. The highest BCUT2D eigenvalue weighted by molar-refractivity contribution is 7.99. The summed E-state index contributed by atoms with van der Waals surface area (Å²) in [6.45, 7) is 6.95. The fraction of sp³-hybridized carbons (Fsp3) is 0.400. The van der Waals surface area contributed by atoms with E-state index in [2.05, 4.69) is 27.9 Å². The molecule has 0 bridgehead atoms. The number of rotatable bonds is 7. The average molecular weight is 417 g/mol. The van der Waals surface area contributed by atoms with Gasteiger partial charge in [-0.3, -0.25) is 9.88 Å². The minimum absolute atomic E-state index is 0.591. The first-order valence-corrected chi connectivity index (χ1v) is 11.4. The molecule has 148 valence electrons. The summed E-state index contributed by atoms with van der Waals surface area (Å²) in [5.41, 5.74) is 3.77. The Bertz CT molecular complexity index is 941. The van der Waals surface area contributed by atoms with E-state index in [1.165, 1.54) is 22.2 Å². The molecule has 8 heteroatoms. The second-order valence-corrected chi connectivity index (χ2v) is 8.75. The maximum absolute atomic E-state index is 10.3. The van der Waals surface area contributed by atoms with Crippen LogP contribution in [0.5, 0.6) is 0 Å². The van der Waals surface area contributed by atoms with Crippen LogP contribution in [0.4, 0.5) is 0 Å². The molecular weight excluding hydrogens is 392 g/mol. The first-order chi connectivity index (χ1) is 13.7. The van der Waals surface area contributed by atoms with Gasteiger partial charge < -0.3 is 9.94 Å². The molecule has 3 heterocycles. The summed E-state index contributed by atoms with van der Waals surface area (Å²) in [5, 5.41) is 10.9. The van der Waals surface area contributed by atoms with Crippen molar-refractivity contribution in [2.45, 2.75) is 22.7 Å². The molecule has 0 unspecified atom stereocenters. The van der Waals surface area contributed by atoms with Crippen molar-refractivity contribution >= 4 is 34.6 Å². The number of benzene rings is 1. The van der Waals surface area contributed by atoms with Gasteiger partial charge in [0.1, 0.15) is 5.52 Å². The fourth-order valence-electron chi connectivity index (χ4n) is 3.19. The monoisotopic (exact) mass is 416 g/mol. The number of nitrogens with zero attached hydrogens (tertiary/aromatic N) is 4. The number of hydrogen-bond donors (Lipinski definition) is 1. The number of hydrogen-bond acceptors (Lipinski definition) is 7. The van der Waals surface area contributed by atoms with Gasteiger partial charge in [-0.15, -0.1) is 11.8 Å². The van der Waals surface area contributed by atoms with E-state index in [-0.39, 0.29) is 0 Å². The van der Waals surface area contributed by atoms with E-state index in [1.54, 1.807) is 0 Å². The molecule has 3 aromatic rings. The Morgan fingerprint density at radius 2 is 1.96 bits per heavy atom. The molecule has 28 heavy (non-hydrogen) atoms. The Balaban J connectivity index is 1.38. The Morgan fingerprint density at radius 1 is 1.14 bits per heavy atom. The highest BCUT2D eigenvalue weighted by atomic mass is 32.2. The quantitative estimate of drug-likeness (QED) is 0.465. The molecule has 0 amide bonds. The number of imidazole rings is 1. The SMILES string of the molecule is Cc1c(SCCN2CCOCC2)ccnc1CSc1nc2ccccc2n1O. The van der Waals surface area contributed by atoms with Gasteiger partial charge in [-0.1, -0.05) is 23.9 Å². The number of para-hydroxylation sites is 2. The van der Waals surface area contributed by atoms with E-state index >= 15 is 0 Å². The van der Waals surface area contributed by atoms with Gasteiger partial charge in [-0.2, -0.15) is 4.73 Å². The molecule has 0 spiro atoms. The van der Waals surface area contributed by atoms with Gasteiger partial charge in [0, 0.05) is 42.2 Å². The summed E-state index contributed by atoms with van der Waals surface area (Å²) < 4.78 is 6.57. The Hall–Kier alpha value is -1.74. The van der Waals surface area contributed by atoms with E-state index in [9.17, 15) is 5.21 Å². The standard InChI is InChI=1S/C20H24N4O2S2/c1-15-17(14-28-20-22-16-4-2-3-5-18(16)24(20)25)21-7-6-19(15)27-13-10-23-8-11-26-12-9-23/h2-7,25H,8-14H2,1H3. The number of thioether (sulfide) groups is 2. The van der Waals surface area contributed by atoms with Crippen LogP contribution in [0.3, 0.4) is 0 Å². The van der Waals surface area contributed by atoms with E-state index in [1.807, 2.05) is 42.2 Å². The highest BCUT2D eigenvalue weighted by Crippen LogP contribution is 2.29. The lowest BCUT2D eigenvalue weighted by molar-refractivity contribution is 0.0410. The van der Waals surface area contributed by atoms with Crippen LogP contribution >= 0.6 is 23.5 Å². The zero-order valence-electron chi connectivity index (χ0n) is 15.9. The van der Waals surface area contributed by atoms with Gasteiger partial charge in [0.05, 0.1) is 24.4 Å². The van der Waals surface area contributed by atoms with E-state index in [0.29, 0.717) is 10.9 Å². The molecule has 2 aromatic heterocycles. The van der Waals surface area contributed by atoms with Crippen LogP contribution in [0, 0.1) is 6.92 Å². The first-order valence-electron chi connectivity index (χ1n) is 9.39. The Labute approximate surface area is 173 Å². The van der Waals surface area contributed by atoms with Gasteiger partial charge in [-0.25, -0.2) is 4.98 Å². The lowest BCUT2D eigenvalue weighted by Gasteiger charge is -2.26. The van der Waals surface area contributed by atoms with Crippen LogP contribution in [0.2, 0.25) is 0 Å². The predicted octanol–water partition coefficient (Wildman–Crippen LogP) is 3.69. The highest BCUT2D eigenvalue weighted by Gasteiger charge is 2.14. The second-order valence-electron chi connectivity index (χ2n) is 6.67. The molecule has 1 saturated heterocycles. The van der Waals surface area contributed by atoms with Gasteiger partial charge in [-0.05, 0) is 30.7 Å². The van der Waals surface area contributed by atoms with E-state index in [0.717, 1.165) is 60.1 Å². The van der Waals surface area contributed by atoms with Crippen LogP contribution in [-0.4, -0.2) is 63.4 Å². The average Bonchev–Trinajstić information content (AvgIpc) is 3.05. The van der Waals surface area contributed by atoms with Crippen molar-refractivity contribution in [3.05, 3.63) is 47.8 Å². The third-order valence-electron chi connectivity index (χ3n) is 4.87. The summed E-state index contributed by atoms with van der Waals surface area (Å²) in [4.78, 5) is 12.8. The summed E-state index contributed by atoms with van der Waals surface area (Å²) in [6.07, 6.45) is 1.88. The fourth-order valence-corrected chi connectivity index (χ4v) is 5.19. The van der Waals surface area contributed by atoms with Gasteiger partial charge in [0.25, 0.3) is 0 Å². The largest absolute Gasteiger partial charge is 0.426 e. The van der Waals surface area contributed by atoms with Crippen molar-refractivity contribution in [3.8, 4) is 0 Å². The first kappa shape index (κ1) is 19.6. The number of aromatic nitrogens is 3. The minimum Gasteiger partial charge on any atom is -0.426 e. The van der Waals surface area contributed by atoms with Crippen LogP contribution < -0.4 is 0 Å². The van der Waals surface area contributed by atoms with Crippen LogP contribution in [-0.2, 0) is 10.5 Å². The molecule has 1 fully saturated rings. The van der Waals surface area contributed by atoms with Crippen LogP contribution in [0.15, 0.2) is 46.6 Å². The normalized spacial score (nSPS) is 15.3. The predicted molar refractivity (Wildman–Crippen MR) is 113 cm³/mol. The van der Waals surface area contributed by atoms with Crippen molar-refractivity contribution in [1.29, 1.82) is 0 Å². The molecule has 0 radical (unpaired) electrons. The summed E-state index contributed by atoms with van der Waals surface area (Å²) in [5.74, 6) is 1.73. The maximum atomic E-state index is 10.3. The zero-order chi connectivity index (χ0) is 19.3. The molecule has 4 rings (SSSR count). The molecular formula is C20H24N4O2S2. The minimum atomic E-state index is 0.591. The van der Waals surface area contributed by atoms with E-state index in [4.69, 9.17) is 4.74 Å². The molecule has 1 N–H and O–H groups in total. The molecule has 0 aliphatic carbocycles. The third kappa shape index (κ3) is 4.46. The number of ether oxygens (including phenoxy) is 1. The number of fused-ring (bicyclic) bond motifs is 1. The van der Waals surface area contributed by atoms with Gasteiger partial charge in [0.15, 0.2) is 0 Å². The maximum Gasteiger partial charge on any atom is 0.204 e. The second kappa shape index (κ2) is 9.17. The molecule has 1 aliphatic rings. The third-order valence-corrected chi connectivity index (χ3v) is 6.95. The topological polar surface area (TPSA) is 63.4 Å². The summed E-state index contributed by atoms with van der Waals surface area (Å²) in [7, 11) is 0. The number of morpholine rings is 1. The smallest absolute Gasteiger partial charge is 0.204 e. The van der Waals surface area contributed by atoms with Gasteiger partial charge in [0.2, 0.25) is 5.16 Å². The number of pyridine rings is 1. The lowest BCUT2D eigenvalue weighted by Crippen LogP contribution is -2.37. The Kier molecular flexibility index (Phi) is 6.41. The van der Waals surface area contributed by atoms with Crippen LogP contribution in [0.1, 0.15) is 11.3 Å². The van der Waals surface area contributed by atoms with Crippen molar-refractivity contribution in [1.82, 2.24) is 19.6 Å². The molecule has 0 atom stereocenters. The summed E-state index contributed by atoms with van der Waals surface area (Å²) >= 11 is 3.38. The Morgan fingerprint density at radius 3 is 2.79 bits per heavy atom. The zero-order valence-corrected chi connectivity index (χ0v) is 17.5. The van der Waals surface area contributed by atoms with Crippen molar-refractivity contribution in [2.75, 3.05) is 38.6 Å². The van der Waals surface area contributed by atoms with E-state index < -0.39 is 0 Å². The van der Waals surface area contributed by atoms with Crippen molar-refractivity contribution in [2.24, 2.45) is 0 Å². The summed E-state index contributed by atoms with van der Waals surface area (Å²) in [6, 6.07) is 9.68. The van der Waals surface area contributed by atoms with Crippen molar-refractivity contribution < 1.29 is 9.94 Å². The van der Waals surface area contributed by atoms with Crippen LogP contribution in [0.25, 0.3) is 11.0 Å².